The first-order valence-corrected chi connectivity index (χ1v) is 9.06. The van der Waals surface area contributed by atoms with Gasteiger partial charge in [-0.15, -0.1) is 0 Å². The Kier molecular flexibility index (Phi) is 5.74. The average molecular weight is 385 g/mol. The monoisotopic (exact) mass is 385 g/mol. The number of carbonyl (C=O) groups excluding carboxylic acids is 1. The average Bonchev–Trinajstić information content (AvgIpc) is 2.67. The van der Waals surface area contributed by atoms with Crippen LogP contribution < -0.4 is 0 Å². The van der Waals surface area contributed by atoms with Gasteiger partial charge in [0.05, 0.1) is 24.6 Å². The highest BCUT2D eigenvalue weighted by Crippen LogP contribution is 2.37. The highest BCUT2D eigenvalue weighted by Gasteiger charge is 2.38. The fourth-order valence-electron chi connectivity index (χ4n) is 3.92. The summed E-state index contributed by atoms with van der Waals surface area (Å²) >= 11 is 0. The zero-order valence-electron chi connectivity index (χ0n) is 14.7. The molecule has 1 aromatic carbocycles. The smallest absolute Gasteiger partial charge is 0.416 e. The number of alkyl halides is 3. The number of morpholine rings is 1. The Hall–Kier alpha value is -2.09. The van der Waals surface area contributed by atoms with Crippen LogP contribution in [0.3, 0.4) is 0 Å². The van der Waals surface area contributed by atoms with E-state index in [2.05, 4.69) is 0 Å². The molecule has 0 radical (unpaired) electrons. The summed E-state index contributed by atoms with van der Waals surface area (Å²) in [5.74, 6) is -1.63. The van der Waals surface area contributed by atoms with E-state index >= 15 is 0 Å². The third-order valence-corrected chi connectivity index (χ3v) is 5.42. The number of amides is 1. The van der Waals surface area contributed by atoms with Crippen molar-refractivity contribution in [2.24, 2.45) is 11.8 Å². The largest absolute Gasteiger partial charge is 0.481 e. The van der Waals surface area contributed by atoms with Gasteiger partial charge >= 0.3 is 12.1 Å². The molecule has 8 heteroatoms. The maximum Gasteiger partial charge on any atom is 0.416 e. The molecule has 5 nitrogen and oxygen atoms in total. The number of halogens is 3. The van der Waals surface area contributed by atoms with Crippen LogP contribution in [0, 0.1) is 11.8 Å². The van der Waals surface area contributed by atoms with Crippen LogP contribution in [0.4, 0.5) is 13.2 Å². The number of benzene rings is 1. The zero-order valence-corrected chi connectivity index (χ0v) is 14.7. The second-order valence-electron chi connectivity index (χ2n) is 7.12. The predicted octanol–water partition coefficient (Wildman–Crippen LogP) is 3.50. The van der Waals surface area contributed by atoms with E-state index in [9.17, 15) is 22.8 Å². The topological polar surface area (TPSA) is 66.8 Å². The van der Waals surface area contributed by atoms with Crippen molar-refractivity contribution in [2.75, 3.05) is 19.7 Å². The Labute approximate surface area is 155 Å². The van der Waals surface area contributed by atoms with Gasteiger partial charge in [-0.05, 0) is 37.3 Å². The van der Waals surface area contributed by atoms with E-state index in [-0.39, 0.29) is 30.5 Å². The van der Waals surface area contributed by atoms with Crippen molar-refractivity contribution in [2.45, 2.75) is 38.0 Å². The molecule has 27 heavy (non-hydrogen) atoms. The first-order chi connectivity index (χ1) is 12.8. The van der Waals surface area contributed by atoms with Gasteiger partial charge in [0.15, 0.2) is 0 Å². The molecule has 148 valence electrons. The predicted molar refractivity (Wildman–Crippen MR) is 89.8 cm³/mol. The fraction of sp³-hybridized carbons (Fsp3) is 0.579. The van der Waals surface area contributed by atoms with E-state index in [0.29, 0.717) is 32.2 Å². The summed E-state index contributed by atoms with van der Waals surface area (Å²) in [6.07, 6.45) is -3.40. The lowest BCUT2D eigenvalue weighted by atomic mass is 9.81. The molecular weight excluding hydrogens is 363 g/mol. The van der Waals surface area contributed by atoms with Gasteiger partial charge < -0.3 is 14.7 Å². The summed E-state index contributed by atoms with van der Waals surface area (Å²) in [4.78, 5) is 25.4. The lowest BCUT2D eigenvalue weighted by molar-refractivity contribution is -0.150. The van der Waals surface area contributed by atoms with Gasteiger partial charge in [-0.3, -0.25) is 9.59 Å². The standard InChI is InChI=1S/C19H22F3NO4/c20-19(21,22)15-4-2-1-3-14(15)16-11-23(9-10-27-16)17(24)12-5-7-13(8-6-12)18(25)26/h1-4,12-13,16H,5-11H2,(H,25,26). The number of rotatable bonds is 3. The lowest BCUT2D eigenvalue weighted by Crippen LogP contribution is -2.46. The van der Waals surface area contributed by atoms with E-state index in [1.807, 2.05) is 0 Å². The van der Waals surface area contributed by atoms with Crippen LogP contribution in [-0.2, 0) is 20.5 Å². The molecule has 0 spiro atoms. The van der Waals surface area contributed by atoms with E-state index < -0.39 is 29.7 Å². The Morgan fingerprint density at radius 1 is 1.07 bits per heavy atom. The van der Waals surface area contributed by atoms with Crippen molar-refractivity contribution >= 4 is 11.9 Å². The molecule has 1 aliphatic carbocycles. The first-order valence-electron chi connectivity index (χ1n) is 9.06. The quantitative estimate of drug-likeness (QED) is 0.865. The van der Waals surface area contributed by atoms with Crippen LogP contribution in [-0.4, -0.2) is 41.6 Å². The molecule has 1 aliphatic heterocycles. The van der Waals surface area contributed by atoms with Gasteiger partial charge in [0.1, 0.15) is 6.10 Å². The van der Waals surface area contributed by atoms with Crippen molar-refractivity contribution in [3.8, 4) is 0 Å². The number of carboxylic acids is 1. The molecule has 3 rings (SSSR count). The van der Waals surface area contributed by atoms with Gasteiger partial charge in [0.2, 0.25) is 5.91 Å². The SMILES string of the molecule is O=C(O)C1CCC(C(=O)N2CCOC(c3ccccc3C(F)(F)F)C2)CC1. The van der Waals surface area contributed by atoms with Crippen LogP contribution in [0.2, 0.25) is 0 Å². The van der Waals surface area contributed by atoms with Gasteiger partial charge in [-0.2, -0.15) is 13.2 Å². The van der Waals surface area contributed by atoms with E-state index in [4.69, 9.17) is 9.84 Å². The number of carboxylic acid groups (broad SMARTS) is 1. The van der Waals surface area contributed by atoms with Crippen LogP contribution in [0.15, 0.2) is 24.3 Å². The van der Waals surface area contributed by atoms with Crippen molar-refractivity contribution in [3.05, 3.63) is 35.4 Å². The second-order valence-corrected chi connectivity index (χ2v) is 7.12. The molecule has 0 aromatic heterocycles. The second kappa shape index (κ2) is 7.88. The third-order valence-electron chi connectivity index (χ3n) is 5.42. The van der Waals surface area contributed by atoms with Gasteiger partial charge in [-0.25, -0.2) is 0 Å². The van der Waals surface area contributed by atoms with E-state index in [1.165, 1.54) is 18.2 Å². The summed E-state index contributed by atoms with van der Waals surface area (Å²) in [5.41, 5.74) is -0.705. The Morgan fingerprint density at radius 2 is 1.70 bits per heavy atom. The number of carbonyl (C=O) groups is 2. The Bertz CT molecular complexity index is 698. The molecule has 1 saturated heterocycles. The normalized spacial score (nSPS) is 26.6. The summed E-state index contributed by atoms with van der Waals surface area (Å²) in [5, 5.41) is 9.06. The maximum absolute atomic E-state index is 13.3. The third kappa shape index (κ3) is 4.43. The summed E-state index contributed by atoms with van der Waals surface area (Å²) in [7, 11) is 0. The molecule has 1 aromatic rings. The number of ether oxygens (including phenoxy) is 1. The number of nitrogens with zero attached hydrogens (tertiary/aromatic N) is 1. The highest BCUT2D eigenvalue weighted by molar-refractivity contribution is 5.79. The molecule has 2 fully saturated rings. The number of hydrogen-bond donors (Lipinski definition) is 1. The minimum Gasteiger partial charge on any atom is -0.481 e. The minimum atomic E-state index is -4.48. The molecule has 1 unspecified atom stereocenters. The van der Waals surface area contributed by atoms with Crippen molar-refractivity contribution < 1.29 is 32.6 Å². The molecule has 0 bridgehead atoms. The summed E-state index contributed by atoms with van der Waals surface area (Å²) in [6, 6.07) is 5.27. The fourth-order valence-corrected chi connectivity index (χ4v) is 3.92. The molecule has 2 aliphatic rings. The van der Waals surface area contributed by atoms with Gasteiger partial charge in [0.25, 0.3) is 0 Å². The summed E-state index contributed by atoms with van der Waals surface area (Å²) in [6.45, 7) is 0.584. The van der Waals surface area contributed by atoms with Crippen molar-refractivity contribution in [1.82, 2.24) is 4.90 Å². The van der Waals surface area contributed by atoms with Crippen LogP contribution >= 0.6 is 0 Å². The molecule has 1 saturated carbocycles. The van der Waals surface area contributed by atoms with E-state index in [1.54, 1.807) is 4.90 Å². The van der Waals surface area contributed by atoms with E-state index in [0.717, 1.165) is 6.07 Å². The highest BCUT2D eigenvalue weighted by atomic mass is 19.4. The van der Waals surface area contributed by atoms with Crippen LogP contribution in [0.1, 0.15) is 42.9 Å². The molecule has 1 N–H and O–H groups in total. The Balaban J connectivity index is 1.69. The first kappa shape index (κ1) is 19.7. The Morgan fingerprint density at radius 3 is 2.33 bits per heavy atom. The van der Waals surface area contributed by atoms with Gasteiger partial charge in [-0.1, -0.05) is 18.2 Å². The number of aliphatic carboxylic acids is 1. The zero-order chi connectivity index (χ0) is 19.6. The molecular formula is C19H22F3NO4. The number of hydrogen-bond acceptors (Lipinski definition) is 3. The lowest BCUT2D eigenvalue weighted by Gasteiger charge is -2.37. The van der Waals surface area contributed by atoms with Gasteiger partial charge in [0, 0.05) is 12.5 Å². The van der Waals surface area contributed by atoms with Crippen molar-refractivity contribution in [3.63, 3.8) is 0 Å². The van der Waals surface area contributed by atoms with Crippen molar-refractivity contribution in [1.29, 1.82) is 0 Å². The molecule has 1 atom stereocenters. The van der Waals surface area contributed by atoms with Crippen LogP contribution in [0.25, 0.3) is 0 Å². The maximum atomic E-state index is 13.3. The molecule has 1 heterocycles. The summed E-state index contributed by atoms with van der Waals surface area (Å²) < 4.78 is 45.3. The minimum absolute atomic E-state index is 0.0390. The molecule has 1 amide bonds. The van der Waals surface area contributed by atoms with Crippen LogP contribution in [0.5, 0.6) is 0 Å².